The molecule has 0 saturated heterocycles. The molecule has 1 aliphatic rings. The number of anilines is 1. The summed E-state index contributed by atoms with van der Waals surface area (Å²) in [5, 5.41) is 3.10. The summed E-state index contributed by atoms with van der Waals surface area (Å²) in [7, 11) is 0. The van der Waals surface area contributed by atoms with Crippen LogP contribution in [0.25, 0.3) is 0 Å². The number of pyridine rings is 1. The van der Waals surface area contributed by atoms with E-state index in [0.717, 1.165) is 33.8 Å². The predicted molar refractivity (Wildman–Crippen MR) is 116 cm³/mol. The van der Waals surface area contributed by atoms with Crippen LogP contribution in [-0.4, -0.2) is 29.3 Å². The maximum absolute atomic E-state index is 13.2. The van der Waals surface area contributed by atoms with Crippen LogP contribution in [0.2, 0.25) is 0 Å². The monoisotopic (exact) mass is 403 g/mol. The smallest absolute Gasteiger partial charge is 0.322 e. The van der Waals surface area contributed by atoms with E-state index in [1.54, 1.807) is 11.1 Å². The maximum atomic E-state index is 13.2. The molecule has 3 aromatic rings. The standard InChI is InChI=1S/C24H25N3O3/c1-17-6-5-7-18(2)23(17)26-24(28)27(13-11-20-8-3-4-12-25-20)15-19-9-10-21-22(14-19)30-16-29-21/h3-10,12,14H,11,13,15-16H2,1-2H3,(H,26,28). The number of amides is 2. The lowest BCUT2D eigenvalue weighted by molar-refractivity contribution is 0.174. The van der Waals surface area contributed by atoms with Crippen molar-refractivity contribution < 1.29 is 14.3 Å². The minimum absolute atomic E-state index is 0.138. The third-order valence-corrected chi connectivity index (χ3v) is 5.17. The average Bonchev–Trinajstić information content (AvgIpc) is 3.22. The van der Waals surface area contributed by atoms with Gasteiger partial charge in [-0.1, -0.05) is 30.3 Å². The van der Waals surface area contributed by atoms with Gasteiger partial charge in [-0.25, -0.2) is 4.79 Å². The molecular formula is C24H25N3O3. The third-order valence-electron chi connectivity index (χ3n) is 5.17. The van der Waals surface area contributed by atoms with Crippen molar-refractivity contribution in [2.24, 2.45) is 0 Å². The van der Waals surface area contributed by atoms with Gasteiger partial charge in [0, 0.05) is 37.1 Å². The molecule has 0 spiro atoms. The zero-order valence-electron chi connectivity index (χ0n) is 17.2. The molecule has 0 atom stereocenters. The van der Waals surface area contributed by atoms with Gasteiger partial charge in [0.25, 0.3) is 0 Å². The van der Waals surface area contributed by atoms with Crippen molar-refractivity contribution in [1.82, 2.24) is 9.88 Å². The lowest BCUT2D eigenvalue weighted by Gasteiger charge is -2.24. The van der Waals surface area contributed by atoms with Gasteiger partial charge in [-0.05, 0) is 54.8 Å². The first-order valence-electron chi connectivity index (χ1n) is 10.0. The van der Waals surface area contributed by atoms with Gasteiger partial charge in [-0.15, -0.1) is 0 Å². The Kier molecular flexibility index (Phi) is 5.84. The van der Waals surface area contributed by atoms with Gasteiger partial charge in [0.05, 0.1) is 0 Å². The molecule has 2 aromatic carbocycles. The summed E-state index contributed by atoms with van der Waals surface area (Å²) in [5.41, 5.74) is 4.87. The van der Waals surface area contributed by atoms with Crippen molar-refractivity contribution in [3.8, 4) is 11.5 Å². The topological polar surface area (TPSA) is 63.7 Å². The number of ether oxygens (including phenoxy) is 2. The number of para-hydroxylation sites is 1. The summed E-state index contributed by atoms with van der Waals surface area (Å²) >= 11 is 0. The first-order valence-corrected chi connectivity index (χ1v) is 10.0. The lowest BCUT2D eigenvalue weighted by atomic mass is 10.1. The van der Waals surface area contributed by atoms with Crippen LogP contribution >= 0.6 is 0 Å². The molecule has 6 heteroatoms. The number of hydrogen-bond acceptors (Lipinski definition) is 4. The van der Waals surface area contributed by atoms with Crippen molar-refractivity contribution in [2.75, 3.05) is 18.7 Å². The predicted octanol–water partition coefficient (Wildman–Crippen LogP) is 4.70. The Bertz CT molecular complexity index is 1020. The first kappa shape index (κ1) is 19.8. The van der Waals surface area contributed by atoms with Crippen LogP contribution in [0.3, 0.4) is 0 Å². The second-order valence-electron chi connectivity index (χ2n) is 7.38. The Morgan fingerprint density at radius 2 is 1.83 bits per heavy atom. The number of carbonyl (C=O) groups excluding carboxylic acids is 1. The van der Waals surface area contributed by atoms with E-state index >= 15 is 0 Å². The highest BCUT2D eigenvalue weighted by molar-refractivity contribution is 5.91. The fourth-order valence-electron chi connectivity index (χ4n) is 3.51. The minimum Gasteiger partial charge on any atom is -0.454 e. The summed E-state index contributed by atoms with van der Waals surface area (Å²) in [6, 6.07) is 17.5. The van der Waals surface area contributed by atoms with E-state index in [9.17, 15) is 4.79 Å². The molecule has 0 bridgehead atoms. The van der Waals surface area contributed by atoms with Crippen molar-refractivity contribution in [3.63, 3.8) is 0 Å². The van der Waals surface area contributed by atoms with Gasteiger partial charge < -0.3 is 19.7 Å². The van der Waals surface area contributed by atoms with Crippen LogP contribution in [0.5, 0.6) is 11.5 Å². The van der Waals surface area contributed by atoms with Crippen LogP contribution in [0.15, 0.2) is 60.8 Å². The highest BCUT2D eigenvalue weighted by Crippen LogP contribution is 2.33. The zero-order valence-corrected chi connectivity index (χ0v) is 17.2. The maximum Gasteiger partial charge on any atom is 0.322 e. The van der Waals surface area contributed by atoms with E-state index in [2.05, 4.69) is 10.3 Å². The van der Waals surface area contributed by atoms with E-state index in [0.29, 0.717) is 25.3 Å². The molecule has 0 unspecified atom stereocenters. The molecule has 0 radical (unpaired) electrons. The van der Waals surface area contributed by atoms with E-state index in [1.807, 2.05) is 68.4 Å². The van der Waals surface area contributed by atoms with Crippen molar-refractivity contribution >= 4 is 11.7 Å². The average molecular weight is 403 g/mol. The normalized spacial score (nSPS) is 11.9. The molecule has 0 aliphatic carbocycles. The van der Waals surface area contributed by atoms with Crippen LogP contribution in [-0.2, 0) is 13.0 Å². The first-order chi connectivity index (χ1) is 14.6. The van der Waals surface area contributed by atoms with Gasteiger partial charge in [0.15, 0.2) is 11.5 Å². The van der Waals surface area contributed by atoms with Gasteiger partial charge in [-0.3, -0.25) is 4.98 Å². The van der Waals surface area contributed by atoms with E-state index in [1.165, 1.54) is 0 Å². The Morgan fingerprint density at radius 3 is 2.60 bits per heavy atom. The zero-order chi connectivity index (χ0) is 20.9. The summed E-state index contributed by atoms with van der Waals surface area (Å²) in [4.78, 5) is 19.4. The molecule has 4 rings (SSSR count). The quantitative estimate of drug-likeness (QED) is 0.648. The number of carbonyl (C=O) groups is 1. The van der Waals surface area contributed by atoms with E-state index in [4.69, 9.17) is 9.47 Å². The second kappa shape index (κ2) is 8.86. The van der Waals surface area contributed by atoms with Crippen molar-refractivity contribution in [1.29, 1.82) is 0 Å². The minimum atomic E-state index is -0.138. The molecule has 1 aliphatic heterocycles. The van der Waals surface area contributed by atoms with E-state index < -0.39 is 0 Å². The van der Waals surface area contributed by atoms with Gasteiger partial charge in [-0.2, -0.15) is 0 Å². The number of hydrogen-bond donors (Lipinski definition) is 1. The molecule has 30 heavy (non-hydrogen) atoms. The Balaban J connectivity index is 1.53. The third kappa shape index (κ3) is 4.54. The fourth-order valence-corrected chi connectivity index (χ4v) is 3.51. The largest absolute Gasteiger partial charge is 0.454 e. The summed E-state index contributed by atoms with van der Waals surface area (Å²) in [5.74, 6) is 1.45. The summed E-state index contributed by atoms with van der Waals surface area (Å²) in [6.07, 6.45) is 2.44. The fraction of sp³-hybridized carbons (Fsp3) is 0.250. The number of aryl methyl sites for hydroxylation is 2. The molecule has 1 N–H and O–H groups in total. The number of rotatable bonds is 6. The highest BCUT2D eigenvalue weighted by atomic mass is 16.7. The number of aromatic nitrogens is 1. The molecule has 154 valence electrons. The van der Waals surface area contributed by atoms with Gasteiger partial charge in [0.1, 0.15) is 0 Å². The molecule has 0 saturated carbocycles. The molecular weight excluding hydrogens is 378 g/mol. The van der Waals surface area contributed by atoms with Crippen LogP contribution in [0, 0.1) is 13.8 Å². The number of nitrogens with zero attached hydrogens (tertiary/aromatic N) is 2. The summed E-state index contributed by atoms with van der Waals surface area (Å²) in [6.45, 7) is 5.23. The van der Waals surface area contributed by atoms with Crippen LogP contribution < -0.4 is 14.8 Å². The molecule has 6 nitrogen and oxygen atoms in total. The molecule has 2 heterocycles. The lowest BCUT2D eigenvalue weighted by Crippen LogP contribution is -2.36. The van der Waals surface area contributed by atoms with E-state index in [-0.39, 0.29) is 12.8 Å². The number of fused-ring (bicyclic) bond motifs is 1. The van der Waals surface area contributed by atoms with Crippen molar-refractivity contribution in [3.05, 3.63) is 83.2 Å². The molecule has 2 amide bonds. The van der Waals surface area contributed by atoms with Crippen LogP contribution in [0.4, 0.5) is 10.5 Å². The Hall–Kier alpha value is -3.54. The number of nitrogens with one attached hydrogen (secondary N) is 1. The van der Waals surface area contributed by atoms with Gasteiger partial charge >= 0.3 is 6.03 Å². The molecule has 1 aromatic heterocycles. The SMILES string of the molecule is Cc1cccc(C)c1NC(=O)N(CCc1ccccn1)Cc1ccc2c(c1)OCO2. The van der Waals surface area contributed by atoms with Crippen LogP contribution in [0.1, 0.15) is 22.4 Å². The van der Waals surface area contributed by atoms with Gasteiger partial charge in [0.2, 0.25) is 6.79 Å². The Morgan fingerprint density at radius 1 is 1.03 bits per heavy atom. The highest BCUT2D eigenvalue weighted by Gasteiger charge is 2.19. The van der Waals surface area contributed by atoms with Crippen molar-refractivity contribution in [2.45, 2.75) is 26.8 Å². The summed E-state index contributed by atoms with van der Waals surface area (Å²) < 4.78 is 10.9. The Labute approximate surface area is 176 Å². The second-order valence-corrected chi connectivity index (χ2v) is 7.38. The molecule has 0 fully saturated rings. The number of urea groups is 1. The number of benzene rings is 2.